The van der Waals surface area contributed by atoms with Crippen molar-refractivity contribution in [3.05, 3.63) is 174 Å². The maximum atomic E-state index is 5.53. The minimum atomic E-state index is 0. The smallest absolute Gasteiger partial charge is 0.375 e. The summed E-state index contributed by atoms with van der Waals surface area (Å²) in [4.78, 5) is 32.3. The fraction of sp³-hybridized carbons (Fsp3) is 0. The molecule has 0 amide bonds. The Hall–Kier alpha value is -6.92. The van der Waals surface area contributed by atoms with Crippen LogP contribution >= 0.6 is 0 Å². The van der Waals surface area contributed by atoms with E-state index in [1.54, 1.807) is 0 Å². The number of aromatic nitrogens is 4. The van der Waals surface area contributed by atoms with Gasteiger partial charge in [0.15, 0.2) is 17.3 Å². The minimum absolute atomic E-state index is 0. The molecular formula is C49H25N8U+. The predicted octanol–water partition coefficient (Wildman–Crippen LogP) is 9.22. The number of hydrogen-bond acceptors (Lipinski definition) is 5. The molecule has 264 valence electrons. The molecule has 0 fully saturated rings. The Kier molecular flexibility index (Phi) is 6.43. The van der Waals surface area contributed by atoms with Crippen molar-refractivity contribution in [3.63, 3.8) is 0 Å². The van der Waals surface area contributed by atoms with E-state index >= 15 is 0 Å². The first-order valence-electron chi connectivity index (χ1n) is 19.0. The molecule has 2 aromatic heterocycles. The molecule has 0 unspecified atom stereocenters. The van der Waals surface area contributed by atoms with E-state index in [2.05, 4.69) is 161 Å². The molecule has 0 N–H and O–H groups in total. The zero-order valence-electron chi connectivity index (χ0n) is 30.5. The third-order valence-electron chi connectivity index (χ3n) is 11.9. The molecule has 8 nitrogen and oxygen atoms in total. The third-order valence-corrected chi connectivity index (χ3v) is 11.9. The molecule has 10 aromatic rings. The van der Waals surface area contributed by atoms with Crippen molar-refractivity contribution in [2.24, 2.45) is 20.0 Å². The standard InChI is InChI=1S/C49H25N8.U/c1-3-11-28-19-36-34(17-26(28)9-1)42-50-43-35-18-27-10-2-4-12-29(27)20-37(35)45(52-43)54-47-39-22-31-14-6-8-16-33(31)24-41(39)49-55-48-40-23-32-15-7-5-13-30(32)21-38(40)46(53-44(36)51-42)56(48)25-57(47)49;/h1-25H;/q-1;+2. The average Bonchev–Trinajstić information content (AvgIpc) is 3.94. The first-order valence-corrected chi connectivity index (χ1v) is 19.0. The largest absolute Gasteiger partial charge is 2.00 e. The first-order chi connectivity index (χ1) is 28.2. The maximum Gasteiger partial charge on any atom is 2.00 e. The van der Waals surface area contributed by atoms with Gasteiger partial charge in [0, 0.05) is 38.3 Å². The third kappa shape index (κ3) is 4.37. The van der Waals surface area contributed by atoms with Crippen LogP contribution in [0.3, 0.4) is 0 Å². The van der Waals surface area contributed by atoms with Gasteiger partial charge in [0.1, 0.15) is 5.82 Å². The van der Waals surface area contributed by atoms with E-state index in [1.165, 1.54) is 0 Å². The van der Waals surface area contributed by atoms with Crippen molar-refractivity contribution in [2.45, 2.75) is 0 Å². The SMILES string of the molecule is [U+2].c1ccc2cc3c(cc2c1)C1=NC3=Nc2c3cc4ccccc4cc3c3nc4c5cc6ccccc6cc5c([n+]-4[cH-]n23)N=c2[n-]c(c3cc4ccccc4cc23)=N1. The maximum absolute atomic E-state index is 5.53. The van der Waals surface area contributed by atoms with Gasteiger partial charge < -0.3 is 23.9 Å². The normalized spacial score (nSPS) is 13.5. The number of benzene rings is 8. The van der Waals surface area contributed by atoms with Crippen molar-refractivity contribution in [1.82, 2.24) is 14.4 Å². The van der Waals surface area contributed by atoms with E-state index in [1.807, 2.05) is 0 Å². The van der Waals surface area contributed by atoms with Crippen LogP contribution in [0.15, 0.2) is 172 Å². The number of nitrogens with zero attached hydrogens (tertiary/aromatic N) is 8. The summed E-state index contributed by atoms with van der Waals surface area (Å²) in [6.07, 6.45) is 2.10. The van der Waals surface area contributed by atoms with Gasteiger partial charge in [0.2, 0.25) is 0 Å². The fourth-order valence-corrected chi connectivity index (χ4v) is 9.14. The zero-order valence-corrected chi connectivity index (χ0v) is 34.7. The van der Waals surface area contributed by atoms with E-state index in [9.17, 15) is 0 Å². The Morgan fingerprint density at radius 1 is 0.448 bits per heavy atom. The Labute approximate surface area is 351 Å². The quantitative estimate of drug-likeness (QED) is 0.112. The molecule has 6 bridgehead atoms. The summed E-state index contributed by atoms with van der Waals surface area (Å²) in [5, 5.41) is 14.8. The van der Waals surface area contributed by atoms with Gasteiger partial charge in [-0.1, -0.05) is 103 Å². The molecule has 9 heteroatoms. The van der Waals surface area contributed by atoms with Gasteiger partial charge >= 0.3 is 31.1 Å². The first kappa shape index (κ1) is 32.2. The summed E-state index contributed by atoms with van der Waals surface area (Å²) in [6.45, 7) is 0. The van der Waals surface area contributed by atoms with Gasteiger partial charge in [0.25, 0.3) is 0 Å². The second-order valence-electron chi connectivity index (χ2n) is 15.1. The van der Waals surface area contributed by atoms with Crippen LogP contribution in [0.25, 0.3) is 86.9 Å². The number of hydrogen-bond donors (Lipinski definition) is 0. The molecule has 8 aromatic carbocycles. The summed E-state index contributed by atoms with van der Waals surface area (Å²) in [6, 6.07) is 51.3. The second-order valence-corrected chi connectivity index (χ2v) is 15.1. The molecular weight excluding hydrogens is 939 g/mol. The molecule has 4 aliphatic heterocycles. The number of amidine groups is 2. The molecule has 0 spiro atoms. The van der Waals surface area contributed by atoms with Crippen LogP contribution in [0.5, 0.6) is 0 Å². The van der Waals surface area contributed by atoms with Gasteiger partial charge in [-0.2, -0.15) is 4.98 Å². The average molecular weight is 964 g/mol. The number of fused-ring (bicyclic) bond motifs is 19. The Bertz CT molecular complexity index is 4000. The summed E-state index contributed by atoms with van der Waals surface area (Å²) >= 11 is 0. The van der Waals surface area contributed by atoms with E-state index in [0.717, 1.165) is 110 Å². The number of aliphatic imine (C=N–C) groups is 2. The fourth-order valence-electron chi connectivity index (χ4n) is 9.14. The molecule has 0 radical (unpaired) electrons. The van der Waals surface area contributed by atoms with E-state index in [0.29, 0.717) is 22.6 Å². The Morgan fingerprint density at radius 3 is 1.47 bits per heavy atom. The summed E-state index contributed by atoms with van der Waals surface area (Å²) in [7, 11) is 0. The van der Waals surface area contributed by atoms with Gasteiger partial charge in [0.05, 0.1) is 18.0 Å². The molecule has 0 saturated heterocycles. The van der Waals surface area contributed by atoms with Crippen molar-refractivity contribution in [2.75, 3.05) is 0 Å². The van der Waals surface area contributed by atoms with Crippen LogP contribution < -0.4 is 20.5 Å². The van der Waals surface area contributed by atoms with E-state index in [-0.39, 0.29) is 31.1 Å². The predicted molar refractivity (Wildman–Crippen MR) is 227 cm³/mol. The Balaban J connectivity index is 0.00000350. The second kappa shape index (κ2) is 11.6. The van der Waals surface area contributed by atoms with Crippen LogP contribution in [-0.4, -0.2) is 21.1 Å². The van der Waals surface area contributed by atoms with E-state index < -0.39 is 0 Å². The molecule has 0 saturated carbocycles. The minimum Gasteiger partial charge on any atom is -0.375 e. The molecule has 14 rings (SSSR count). The molecule has 4 aliphatic rings. The van der Waals surface area contributed by atoms with E-state index in [4.69, 9.17) is 29.9 Å². The molecule has 0 aliphatic carbocycles. The Morgan fingerprint density at radius 2 is 0.897 bits per heavy atom. The summed E-state index contributed by atoms with van der Waals surface area (Å²) in [5.41, 5.74) is 3.81. The van der Waals surface area contributed by atoms with Crippen LogP contribution in [0.2, 0.25) is 0 Å². The van der Waals surface area contributed by atoms with Crippen LogP contribution in [0.4, 0.5) is 11.6 Å². The molecule has 58 heavy (non-hydrogen) atoms. The van der Waals surface area contributed by atoms with Crippen molar-refractivity contribution < 1.29 is 35.7 Å². The van der Waals surface area contributed by atoms with Crippen LogP contribution in [-0.2, 0) is 0 Å². The zero-order chi connectivity index (χ0) is 36.9. The topological polar surface area (TPSA) is 84.7 Å². The van der Waals surface area contributed by atoms with Crippen LogP contribution in [0, 0.1) is 31.1 Å². The van der Waals surface area contributed by atoms with Crippen molar-refractivity contribution >= 4 is 104 Å². The van der Waals surface area contributed by atoms with Gasteiger partial charge in [-0.3, -0.25) is 0 Å². The monoisotopic (exact) mass is 963 g/mol. The molecule has 6 heterocycles. The number of rotatable bonds is 0. The van der Waals surface area contributed by atoms with Crippen molar-refractivity contribution in [3.8, 4) is 5.82 Å². The van der Waals surface area contributed by atoms with Gasteiger partial charge in [-0.25, -0.2) is 9.98 Å². The van der Waals surface area contributed by atoms with Gasteiger partial charge in [-0.15, -0.1) is 0 Å². The van der Waals surface area contributed by atoms with Crippen molar-refractivity contribution in [1.29, 1.82) is 0 Å². The summed E-state index contributed by atoms with van der Waals surface area (Å²) in [5.74, 6) is 3.46. The van der Waals surface area contributed by atoms with Crippen LogP contribution in [0.1, 0.15) is 11.1 Å². The summed E-state index contributed by atoms with van der Waals surface area (Å²) < 4.78 is 4.21. The molecule has 0 atom stereocenters. The van der Waals surface area contributed by atoms with Gasteiger partial charge in [-0.05, 0) is 102 Å².